The molecule has 0 atom stereocenters. The van der Waals surface area contributed by atoms with Gasteiger partial charge < -0.3 is 14.8 Å². The standard InChI is InChI=1S/C27H29N3O4/c1-2-33-25(31)16-13-23-18-29-26(30-19-23)24-14-11-21(12-15-24)8-6-7-17-28-27(32)34-20-22-9-4-3-5-10-22/h3-5,9-16,18-19H,2,6-8,17,20H2,1H3,(H,28,32)/b16-13+. The van der Waals surface area contributed by atoms with E-state index in [1.165, 1.54) is 11.6 Å². The van der Waals surface area contributed by atoms with Crippen LogP contribution in [0.15, 0.2) is 73.1 Å². The Hall–Kier alpha value is -4.00. The maximum Gasteiger partial charge on any atom is 0.407 e. The molecule has 7 nitrogen and oxygen atoms in total. The first-order valence-corrected chi connectivity index (χ1v) is 11.3. The molecule has 7 heteroatoms. The Morgan fingerprint density at radius 2 is 1.65 bits per heavy atom. The van der Waals surface area contributed by atoms with E-state index in [0.29, 0.717) is 19.0 Å². The summed E-state index contributed by atoms with van der Waals surface area (Å²) in [6.45, 7) is 2.96. The van der Waals surface area contributed by atoms with Crippen LogP contribution in [0.4, 0.5) is 4.79 Å². The molecular formula is C27H29N3O4. The number of unbranched alkanes of at least 4 members (excludes halogenated alkanes) is 1. The zero-order valence-electron chi connectivity index (χ0n) is 19.3. The van der Waals surface area contributed by atoms with Crippen molar-refractivity contribution in [2.24, 2.45) is 0 Å². The van der Waals surface area contributed by atoms with Gasteiger partial charge in [-0.2, -0.15) is 0 Å². The van der Waals surface area contributed by atoms with Gasteiger partial charge in [0.15, 0.2) is 5.82 Å². The van der Waals surface area contributed by atoms with Gasteiger partial charge in [0.1, 0.15) is 6.61 Å². The number of hydrogen-bond acceptors (Lipinski definition) is 6. The third-order valence-corrected chi connectivity index (χ3v) is 4.96. The summed E-state index contributed by atoms with van der Waals surface area (Å²) in [5.74, 6) is 0.235. The lowest BCUT2D eigenvalue weighted by Crippen LogP contribution is -2.25. The van der Waals surface area contributed by atoms with Crippen LogP contribution in [-0.2, 0) is 27.3 Å². The second-order valence-corrected chi connectivity index (χ2v) is 7.57. The maximum atomic E-state index is 11.8. The van der Waals surface area contributed by atoms with Crippen LogP contribution >= 0.6 is 0 Å². The van der Waals surface area contributed by atoms with Gasteiger partial charge in [-0.25, -0.2) is 19.6 Å². The SMILES string of the molecule is CCOC(=O)/C=C/c1cnc(-c2ccc(CCCCNC(=O)OCc3ccccc3)cc2)nc1. The van der Waals surface area contributed by atoms with Crippen LogP contribution in [0.2, 0.25) is 0 Å². The molecule has 1 aromatic heterocycles. The van der Waals surface area contributed by atoms with Crippen LogP contribution in [0.5, 0.6) is 0 Å². The van der Waals surface area contributed by atoms with Gasteiger partial charge in [0.2, 0.25) is 0 Å². The minimum atomic E-state index is -0.393. The normalized spacial score (nSPS) is 10.7. The molecule has 1 N–H and O–H groups in total. The molecule has 0 aliphatic carbocycles. The van der Waals surface area contributed by atoms with Crippen LogP contribution in [0.25, 0.3) is 17.5 Å². The third kappa shape index (κ3) is 8.50. The van der Waals surface area contributed by atoms with Crippen molar-refractivity contribution >= 4 is 18.1 Å². The van der Waals surface area contributed by atoms with E-state index in [9.17, 15) is 9.59 Å². The Balaban J connectivity index is 1.36. The number of nitrogens with one attached hydrogen (secondary N) is 1. The molecule has 1 amide bonds. The predicted octanol–water partition coefficient (Wildman–Crippen LogP) is 4.97. The fourth-order valence-corrected chi connectivity index (χ4v) is 3.17. The molecule has 2 aromatic carbocycles. The third-order valence-electron chi connectivity index (χ3n) is 4.96. The second-order valence-electron chi connectivity index (χ2n) is 7.57. The minimum Gasteiger partial charge on any atom is -0.463 e. The molecule has 0 bridgehead atoms. The van der Waals surface area contributed by atoms with Gasteiger partial charge in [0.25, 0.3) is 0 Å². The van der Waals surface area contributed by atoms with E-state index in [4.69, 9.17) is 9.47 Å². The van der Waals surface area contributed by atoms with Gasteiger partial charge in [-0.3, -0.25) is 0 Å². The maximum absolute atomic E-state index is 11.8. The van der Waals surface area contributed by atoms with Crippen LogP contribution in [0.3, 0.4) is 0 Å². The molecule has 1 heterocycles. The Bertz CT molecular complexity index is 1070. The lowest BCUT2D eigenvalue weighted by Gasteiger charge is -2.07. The van der Waals surface area contributed by atoms with Crippen molar-refractivity contribution in [3.05, 3.63) is 89.8 Å². The highest BCUT2D eigenvalue weighted by molar-refractivity contribution is 5.86. The number of benzene rings is 2. The van der Waals surface area contributed by atoms with Crippen molar-refractivity contribution in [3.63, 3.8) is 0 Å². The number of esters is 1. The molecule has 0 aliphatic heterocycles. The molecule has 176 valence electrons. The Labute approximate surface area is 199 Å². The van der Waals surface area contributed by atoms with Gasteiger partial charge in [-0.1, -0.05) is 54.6 Å². The van der Waals surface area contributed by atoms with E-state index in [0.717, 1.165) is 36.0 Å². The van der Waals surface area contributed by atoms with E-state index in [2.05, 4.69) is 27.4 Å². The Kier molecular flexibility index (Phi) is 9.80. The summed E-state index contributed by atoms with van der Waals surface area (Å²) in [5.41, 5.74) is 3.83. The van der Waals surface area contributed by atoms with E-state index >= 15 is 0 Å². The molecule has 0 radical (unpaired) electrons. The first-order valence-electron chi connectivity index (χ1n) is 11.3. The summed E-state index contributed by atoms with van der Waals surface area (Å²) in [7, 11) is 0. The number of rotatable bonds is 11. The first kappa shape index (κ1) is 24.6. The average molecular weight is 460 g/mol. The van der Waals surface area contributed by atoms with Crippen LogP contribution in [0.1, 0.15) is 36.5 Å². The molecule has 3 aromatic rings. The van der Waals surface area contributed by atoms with Gasteiger partial charge in [0.05, 0.1) is 6.61 Å². The summed E-state index contributed by atoms with van der Waals surface area (Å²) in [6, 6.07) is 17.7. The lowest BCUT2D eigenvalue weighted by molar-refractivity contribution is -0.137. The summed E-state index contributed by atoms with van der Waals surface area (Å²) < 4.78 is 10.1. The number of hydrogen-bond donors (Lipinski definition) is 1. The number of aryl methyl sites for hydroxylation is 1. The molecule has 0 saturated carbocycles. The molecule has 0 spiro atoms. The molecule has 3 rings (SSSR count). The van der Waals surface area contributed by atoms with E-state index < -0.39 is 6.09 Å². The number of carbonyl (C=O) groups is 2. The quantitative estimate of drug-likeness (QED) is 0.247. The summed E-state index contributed by atoms with van der Waals surface area (Å²) >= 11 is 0. The van der Waals surface area contributed by atoms with Crippen molar-refractivity contribution in [2.45, 2.75) is 32.8 Å². The number of ether oxygens (including phenoxy) is 2. The highest BCUT2D eigenvalue weighted by atomic mass is 16.5. The lowest BCUT2D eigenvalue weighted by atomic mass is 10.1. The second kappa shape index (κ2) is 13.5. The zero-order chi connectivity index (χ0) is 24.0. The van der Waals surface area contributed by atoms with Crippen molar-refractivity contribution in [2.75, 3.05) is 13.2 Å². The molecule has 0 fully saturated rings. The van der Waals surface area contributed by atoms with Gasteiger partial charge >= 0.3 is 12.1 Å². The van der Waals surface area contributed by atoms with Gasteiger partial charge in [0, 0.05) is 36.1 Å². The fourth-order valence-electron chi connectivity index (χ4n) is 3.17. The van der Waals surface area contributed by atoms with Crippen LogP contribution < -0.4 is 5.32 Å². The van der Waals surface area contributed by atoms with Crippen LogP contribution in [0, 0.1) is 0 Å². The molecular weight excluding hydrogens is 430 g/mol. The highest BCUT2D eigenvalue weighted by Gasteiger charge is 2.04. The zero-order valence-corrected chi connectivity index (χ0v) is 19.3. The van der Waals surface area contributed by atoms with Crippen molar-refractivity contribution in [1.29, 1.82) is 0 Å². The number of amides is 1. The van der Waals surface area contributed by atoms with Crippen LogP contribution in [-0.4, -0.2) is 35.2 Å². The number of alkyl carbamates (subject to hydrolysis) is 1. The Morgan fingerprint density at radius 1 is 0.912 bits per heavy atom. The van der Waals surface area contributed by atoms with E-state index in [-0.39, 0.29) is 12.6 Å². The monoisotopic (exact) mass is 459 g/mol. The fraction of sp³-hybridized carbons (Fsp3) is 0.259. The predicted molar refractivity (Wildman–Crippen MR) is 131 cm³/mol. The summed E-state index contributed by atoms with van der Waals surface area (Å²) in [5, 5.41) is 2.79. The Morgan fingerprint density at radius 3 is 2.35 bits per heavy atom. The number of aromatic nitrogens is 2. The minimum absolute atomic E-state index is 0.274. The smallest absolute Gasteiger partial charge is 0.407 e. The van der Waals surface area contributed by atoms with Crippen molar-refractivity contribution in [3.8, 4) is 11.4 Å². The average Bonchev–Trinajstić information content (AvgIpc) is 2.87. The molecule has 0 aliphatic rings. The van der Waals surface area contributed by atoms with E-state index in [1.807, 2.05) is 42.5 Å². The van der Waals surface area contributed by atoms with Crippen molar-refractivity contribution < 1.29 is 19.1 Å². The highest BCUT2D eigenvalue weighted by Crippen LogP contribution is 2.17. The largest absolute Gasteiger partial charge is 0.463 e. The molecule has 0 unspecified atom stereocenters. The molecule has 0 saturated heterocycles. The molecule has 34 heavy (non-hydrogen) atoms. The first-order chi connectivity index (χ1) is 16.6. The number of nitrogens with zero attached hydrogens (tertiary/aromatic N) is 2. The summed E-state index contributed by atoms with van der Waals surface area (Å²) in [4.78, 5) is 31.9. The van der Waals surface area contributed by atoms with Gasteiger partial charge in [-0.15, -0.1) is 0 Å². The van der Waals surface area contributed by atoms with Gasteiger partial charge in [-0.05, 0) is 43.4 Å². The topological polar surface area (TPSA) is 90.4 Å². The number of carbonyl (C=O) groups excluding carboxylic acids is 2. The van der Waals surface area contributed by atoms with Crippen molar-refractivity contribution in [1.82, 2.24) is 15.3 Å². The summed E-state index contributed by atoms with van der Waals surface area (Å²) in [6.07, 6.45) is 8.67. The van der Waals surface area contributed by atoms with E-state index in [1.54, 1.807) is 25.4 Å².